The number of ether oxygens (including phenoxy) is 1. The molecule has 7 heteroatoms. The number of rotatable bonds is 4. The van der Waals surface area contributed by atoms with Crippen molar-refractivity contribution >= 4 is 34.5 Å². The van der Waals surface area contributed by atoms with Crippen LogP contribution in [0.1, 0.15) is 76.6 Å². The summed E-state index contributed by atoms with van der Waals surface area (Å²) in [6.07, 6.45) is 6.74. The average molecular weight is 500 g/mol. The molecule has 1 unspecified atom stereocenters. The van der Waals surface area contributed by atoms with Gasteiger partial charge in [-0.3, -0.25) is 4.79 Å². The van der Waals surface area contributed by atoms with E-state index in [1.807, 2.05) is 40.0 Å². The number of aromatic amines is 1. The van der Waals surface area contributed by atoms with E-state index in [1.165, 1.54) is 29.5 Å². The molecule has 0 saturated heterocycles. The van der Waals surface area contributed by atoms with Crippen molar-refractivity contribution in [2.24, 2.45) is 17.8 Å². The van der Waals surface area contributed by atoms with Gasteiger partial charge in [-0.15, -0.1) is 0 Å². The summed E-state index contributed by atoms with van der Waals surface area (Å²) in [5, 5.41) is 1.98. The molecule has 2 aliphatic carbocycles. The van der Waals surface area contributed by atoms with Crippen LogP contribution in [0.4, 0.5) is 4.79 Å². The second-order valence-corrected chi connectivity index (χ2v) is 12.3. The summed E-state index contributed by atoms with van der Waals surface area (Å²) < 4.78 is 5.49. The fourth-order valence-corrected chi connectivity index (χ4v) is 6.25. The highest BCUT2D eigenvalue weighted by molar-refractivity contribution is 6.31. The van der Waals surface area contributed by atoms with Crippen LogP contribution >= 0.6 is 11.6 Å². The van der Waals surface area contributed by atoms with Gasteiger partial charge >= 0.3 is 6.09 Å². The Morgan fingerprint density at radius 2 is 1.86 bits per heavy atom. The van der Waals surface area contributed by atoms with Crippen molar-refractivity contribution in [1.29, 1.82) is 0 Å². The largest absolute Gasteiger partial charge is 0.444 e. The molecular formula is C28H38ClN3O3. The zero-order chi connectivity index (χ0) is 24.9. The molecule has 1 aromatic heterocycles. The highest BCUT2D eigenvalue weighted by Gasteiger charge is 2.44. The fraction of sp³-hybridized carbons (Fsp3) is 0.643. The van der Waals surface area contributed by atoms with Gasteiger partial charge in [-0.2, -0.15) is 0 Å². The molecule has 1 aliphatic heterocycles. The molecule has 5 rings (SSSR count). The van der Waals surface area contributed by atoms with E-state index in [4.69, 9.17) is 16.3 Å². The Balaban J connectivity index is 1.23. The Morgan fingerprint density at radius 3 is 2.51 bits per heavy atom. The molecule has 2 fully saturated rings. The van der Waals surface area contributed by atoms with Crippen molar-refractivity contribution < 1.29 is 14.3 Å². The van der Waals surface area contributed by atoms with Gasteiger partial charge < -0.3 is 19.5 Å². The molecule has 6 nitrogen and oxygen atoms in total. The van der Waals surface area contributed by atoms with Crippen LogP contribution in [0.3, 0.4) is 0 Å². The van der Waals surface area contributed by atoms with Crippen molar-refractivity contribution in [2.75, 3.05) is 20.1 Å². The molecule has 0 radical (unpaired) electrons. The number of amides is 2. The Morgan fingerprint density at radius 1 is 1.14 bits per heavy atom. The molecule has 1 N–H and O–H groups in total. The third-order valence-corrected chi connectivity index (χ3v) is 8.16. The zero-order valence-corrected chi connectivity index (χ0v) is 22.2. The quantitative estimate of drug-likeness (QED) is 0.534. The number of nitrogens with one attached hydrogen (secondary N) is 1. The van der Waals surface area contributed by atoms with Crippen LogP contribution in [-0.2, 0) is 16.0 Å². The molecular weight excluding hydrogens is 462 g/mol. The SMILES string of the molecule is CN(CC1CCC(C(=O)N2CCc3c([nH]c4cc(Cl)ccc34)C2C2CC2)CC1)C(=O)OC(C)(C)C. The van der Waals surface area contributed by atoms with Crippen molar-refractivity contribution in [3.63, 3.8) is 0 Å². The first-order chi connectivity index (χ1) is 16.6. The van der Waals surface area contributed by atoms with Crippen molar-refractivity contribution in [3.8, 4) is 0 Å². The summed E-state index contributed by atoms with van der Waals surface area (Å²) >= 11 is 6.25. The van der Waals surface area contributed by atoms with Gasteiger partial charge in [-0.1, -0.05) is 17.7 Å². The van der Waals surface area contributed by atoms with E-state index in [1.54, 1.807) is 4.90 Å². The van der Waals surface area contributed by atoms with Crippen LogP contribution in [0.25, 0.3) is 10.9 Å². The molecule has 2 saturated carbocycles. The van der Waals surface area contributed by atoms with E-state index in [0.717, 1.165) is 49.2 Å². The van der Waals surface area contributed by atoms with Crippen LogP contribution in [-0.4, -0.2) is 52.5 Å². The van der Waals surface area contributed by atoms with Gasteiger partial charge in [0.25, 0.3) is 0 Å². The molecule has 1 aromatic carbocycles. The van der Waals surface area contributed by atoms with Gasteiger partial charge in [0.1, 0.15) is 5.60 Å². The predicted molar refractivity (Wildman–Crippen MR) is 139 cm³/mol. The predicted octanol–water partition coefficient (Wildman–Crippen LogP) is 6.33. The minimum Gasteiger partial charge on any atom is -0.444 e. The summed E-state index contributed by atoms with van der Waals surface area (Å²) in [5.41, 5.74) is 3.19. The van der Waals surface area contributed by atoms with Crippen LogP contribution in [0.15, 0.2) is 18.2 Å². The number of fused-ring (bicyclic) bond motifs is 3. The highest BCUT2D eigenvalue weighted by atomic mass is 35.5. The molecule has 2 amide bonds. The lowest BCUT2D eigenvalue weighted by molar-refractivity contribution is -0.140. The van der Waals surface area contributed by atoms with E-state index in [0.29, 0.717) is 24.3 Å². The zero-order valence-electron chi connectivity index (χ0n) is 21.4. The van der Waals surface area contributed by atoms with E-state index >= 15 is 0 Å². The number of hydrogen-bond donors (Lipinski definition) is 1. The van der Waals surface area contributed by atoms with Crippen LogP contribution < -0.4 is 0 Å². The molecule has 3 aliphatic rings. The number of hydrogen-bond acceptors (Lipinski definition) is 3. The summed E-state index contributed by atoms with van der Waals surface area (Å²) in [4.78, 5) is 33.6. The van der Waals surface area contributed by atoms with E-state index in [2.05, 4.69) is 16.0 Å². The Hall–Kier alpha value is -2.21. The van der Waals surface area contributed by atoms with Gasteiger partial charge in [0.15, 0.2) is 0 Å². The number of carbonyl (C=O) groups excluding carboxylic acids is 2. The lowest BCUT2D eigenvalue weighted by Gasteiger charge is -2.40. The Labute approximate surface area is 213 Å². The highest BCUT2D eigenvalue weighted by Crippen LogP contribution is 2.49. The lowest BCUT2D eigenvalue weighted by Crippen LogP contribution is -2.45. The number of H-pyrrole nitrogens is 1. The van der Waals surface area contributed by atoms with Gasteiger partial charge in [0.05, 0.1) is 6.04 Å². The standard InChI is InChI=1S/C28H38ClN3O3/c1-28(2,3)35-27(34)31(4)16-17-5-7-19(8-6-17)26(33)32-14-13-22-21-12-11-20(29)15-23(21)30-24(22)25(32)18-9-10-18/h11-12,15,17-19,25,30H,5-10,13-14,16H2,1-4H3. The number of aromatic nitrogens is 1. The van der Waals surface area contributed by atoms with Gasteiger partial charge in [-0.05, 0) is 95.2 Å². The normalized spacial score (nSPS) is 24.8. The monoisotopic (exact) mass is 499 g/mol. The fourth-order valence-electron chi connectivity index (χ4n) is 6.08. The first kappa shape index (κ1) is 24.5. The molecule has 2 heterocycles. The first-order valence-corrected chi connectivity index (χ1v) is 13.5. The topological polar surface area (TPSA) is 65.6 Å². The van der Waals surface area contributed by atoms with E-state index < -0.39 is 5.60 Å². The maximum atomic E-state index is 13.8. The van der Waals surface area contributed by atoms with Crippen LogP contribution in [0.2, 0.25) is 5.02 Å². The third kappa shape index (κ3) is 5.18. The maximum Gasteiger partial charge on any atom is 0.410 e. The second kappa shape index (κ2) is 9.34. The summed E-state index contributed by atoms with van der Waals surface area (Å²) in [6.45, 7) is 7.14. The molecule has 0 bridgehead atoms. The number of nitrogens with zero attached hydrogens (tertiary/aromatic N) is 2. The summed E-state index contributed by atoms with van der Waals surface area (Å²) in [7, 11) is 1.81. The van der Waals surface area contributed by atoms with E-state index in [9.17, 15) is 9.59 Å². The smallest absolute Gasteiger partial charge is 0.410 e. The van der Waals surface area contributed by atoms with Gasteiger partial charge in [0.2, 0.25) is 5.91 Å². The average Bonchev–Trinajstić information content (AvgIpc) is 3.57. The molecule has 0 spiro atoms. The second-order valence-electron chi connectivity index (χ2n) is 11.8. The summed E-state index contributed by atoms with van der Waals surface area (Å²) in [5.74, 6) is 1.38. The maximum absolute atomic E-state index is 13.8. The lowest BCUT2D eigenvalue weighted by atomic mass is 9.80. The molecule has 35 heavy (non-hydrogen) atoms. The molecule has 2 aromatic rings. The molecule has 190 valence electrons. The van der Waals surface area contributed by atoms with Crippen LogP contribution in [0.5, 0.6) is 0 Å². The Kier molecular flexibility index (Phi) is 6.54. The minimum atomic E-state index is -0.487. The summed E-state index contributed by atoms with van der Waals surface area (Å²) in [6, 6.07) is 6.24. The van der Waals surface area contributed by atoms with Gasteiger partial charge in [0, 0.05) is 47.7 Å². The first-order valence-electron chi connectivity index (χ1n) is 13.2. The Bertz CT molecular complexity index is 1110. The number of carbonyl (C=O) groups is 2. The number of halogens is 1. The minimum absolute atomic E-state index is 0.0831. The van der Waals surface area contributed by atoms with Crippen molar-refractivity contribution in [3.05, 3.63) is 34.5 Å². The molecule has 1 atom stereocenters. The van der Waals surface area contributed by atoms with Crippen LogP contribution in [0, 0.1) is 17.8 Å². The van der Waals surface area contributed by atoms with Gasteiger partial charge in [-0.25, -0.2) is 4.79 Å². The van der Waals surface area contributed by atoms with Crippen molar-refractivity contribution in [2.45, 2.75) is 77.4 Å². The van der Waals surface area contributed by atoms with E-state index in [-0.39, 0.29) is 18.1 Å². The van der Waals surface area contributed by atoms with Crippen molar-refractivity contribution in [1.82, 2.24) is 14.8 Å². The third-order valence-electron chi connectivity index (χ3n) is 7.92. The number of benzene rings is 1.